The summed E-state index contributed by atoms with van der Waals surface area (Å²) in [6.07, 6.45) is 0. The molecule has 9 heteroatoms. The highest BCUT2D eigenvalue weighted by atomic mass is 32.2. The van der Waals surface area contributed by atoms with Crippen molar-refractivity contribution in [1.29, 1.82) is 0 Å². The van der Waals surface area contributed by atoms with Crippen LogP contribution in [0.1, 0.15) is 40.1 Å². The van der Waals surface area contributed by atoms with E-state index in [4.69, 9.17) is 4.74 Å². The molecule has 0 radical (unpaired) electrons. The topological polar surface area (TPSA) is 105 Å². The molecule has 0 saturated heterocycles. The monoisotopic (exact) mass is 495 g/mol. The number of nitrogens with zero attached hydrogens (tertiary/aromatic N) is 1. The summed E-state index contributed by atoms with van der Waals surface area (Å²) in [4.78, 5) is 25.3. The molecule has 2 amide bonds. The fourth-order valence-corrected chi connectivity index (χ4v) is 5.19. The first-order valence-corrected chi connectivity index (χ1v) is 12.7. The largest absolute Gasteiger partial charge is 0.495 e. The quantitative estimate of drug-likeness (QED) is 0.444. The number of benzene rings is 3. The van der Waals surface area contributed by atoms with Gasteiger partial charge in [0.1, 0.15) is 10.6 Å². The van der Waals surface area contributed by atoms with E-state index in [0.717, 1.165) is 5.56 Å². The summed E-state index contributed by atoms with van der Waals surface area (Å²) in [5.74, 6) is -0.529. The molecule has 0 heterocycles. The Morgan fingerprint density at radius 3 is 2.20 bits per heavy atom. The Labute approximate surface area is 206 Å². The van der Waals surface area contributed by atoms with Crippen LogP contribution < -0.4 is 15.4 Å². The van der Waals surface area contributed by atoms with E-state index in [9.17, 15) is 18.0 Å². The lowest BCUT2D eigenvalue weighted by Crippen LogP contribution is -2.31. The Kier molecular flexibility index (Phi) is 8.62. The van der Waals surface area contributed by atoms with Crippen molar-refractivity contribution in [3.8, 4) is 5.75 Å². The van der Waals surface area contributed by atoms with Crippen molar-refractivity contribution in [2.45, 2.75) is 25.3 Å². The second-order valence-electron chi connectivity index (χ2n) is 7.66. The number of hydrogen-bond donors (Lipinski definition) is 2. The van der Waals surface area contributed by atoms with Crippen LogP contribution in [0, 0.1) is 0 Å². The van der Waals surface area contributed by atoms with Crippen molar-refractivity contribution in [2.24, 2.45) is 0 Å². The summed E-state index contributed by atoms with van der Waals surface area (Å²) in [7, 11) is -2.44. The van der Waals surface area contributed by atoms with Crippen molar-refractivity contribution in [2.75, 3.05) is 25.5 Å². The van der Waals surface area contributed by atoms with E-state index in [0.29, 0.717) is 24.3 Å². The zero-order valence-electron chi connectivity index (χ0n) is 19.9. The molecule has 0 aliphatic heterocycles. The number of amides is 2. The smallest absolute Gasteiger partial charge is 0.255 e. The Balaban J connectivity index is 1.74. The number of rotatable bonds is 10. The number of nitrogens with one attached hydrogen (secondary N) is 2. The van der Waals surface area contributed by atoms with Crippen LogP contribution in [0.3, 0.4) is 0 Å². The van der Waals surface area contributed by atoms with Crippen LogP contribution in [0.5, 0.6) is 5.75 Å². The van der Waals surface area contributed by atoms with E-state index >= 15 is 0 Å². The molecule has 0 aromatic heterocycles. The standard InChI is InChI=1S/C26H29N3O5S/c1-4-29(5-2)35(32,33)24-17-21(14-15-23(24)34-3)25(30)27-18-19-10-9-11-20(16-19)26(31)28-22-12-7-6-8-13-22/h6-17H,4-5,18H2,1-3H3,(H,27,30)(H,28,31). The maximum absolute atomic E-state index is 13.0. The van der Waals surface area contributed by atoms with Crippen LogP contribution >= 0.6 is 0 Å². The number of carbonyl (C=O) groups is 2. The molecule has 3 rings (SSSR count). The normalized spacial score (nSPS) is 11.2. The minimum Gasteiger partial charge on any atom is -0.495 e. The third-order valence-corrected chi connectivity index (χ3v) is 7.49. The number of methoxy groups -OCH3 is 1. The SMILES string of the molecule is CCN(CC)S(=O)(=O)c1cc(C(=O)NCc2cccc(C(=O)Nc3ccccc3)c2)ccc1OC. The molecule has 0 bridgehead atoms. The summed E-state index contributed by atoms with van der Waals surface area (Å²) < 4.78 is 32.6. The number of sulfonamides is 1. The van der Waals surface area contributed by atoms with Crippen molar-refractivity contribution in [1.82, 2.24) is 9.62 Å². The second kappa shape index (κ2) is 11.6. The van der Waals surface area contributed by atoms with Gasteiger partial charge in [-0.1, -0.05) is 44.2 Å². The summed E-state index contributed by atoms with van der Waals surface area (Å²) in [5, 5.41) is 5.61. The van der Waals surface area contributed by atoms with Gasteiger partial charge in [0.25, 0.3) is 11.8 Å². The summed E-state index contributed by atoms with van der Waals surface area (Å²) in [6.45, 7) is 4.26. The summed E-state index contributed by atoms with van der Waals surface area (Å²) in [6, 6.07) is 20.4. The van der Waals surface area contributed by atoms with Crippen LogP contribution in [0.2, 0.25) is 0 Å². The van der Waals surface area contributed by atoms with Gasteiger partial charge in [0, 0.05) is 36.4 Å². The molecule has 184 valence electrons. The van der Waals surface area contributed by atoms with Crippen molar-refractivity contribution in [3.63, 3.8) is 0 Å². The second-order valence-corrected chi connectivity index (χ2v) is 9.56. The highest BCUT2D eigenvalue weighted by molar-refractivity contribution is 7.89. The molecule has 0 aliphatic carbocycles. The number of anilines is 1. The van der Waals surface area contributed by atoms with E-state index in [2.05, 4.69) is 10.6 Å². The minimum absolute atomic E-state index is 0.0593. The number of para-hydroxylation sites is 1. The zero-order chi connectivity index (χ0) is 25.4. The van der Waals surface area contributed by atoms with Gasteiger partial charge in [-0.15, -0.1) is 0 Å². The molecule has 0 unspecified atom stereocenters. The maximum Gasteiger partial charge on any atom is 0.255 e. The molecule has 35 heavy (non-hydrogen) atoms. The minimum atomic E-state index is -3.82. The van der Waals surface area contributed by atoms with Gasteiger partial charge in [-0.3, -0.25) is 9.59 Å². The Morgan fingerprint density at radius 2 is 1.54 bits per heavy atom. The van der Waals surface area contributed by atoms with Gasteiger partial charge in [0.2, 0.25) is 10.0 Å². The molecule has 3 aromatic carbocycles. The van der Waals surface area contributed by atoms with Gasteiger partial charge in [-0.25, -0.2) is 8.42 Å². The molecule has 0 atom stereocenters. The van der Waals surface area contributed by atoms with E-state index < -0.39 is 15.9 Å². The van der Waals surface area contributed by atoms with Crippen molar-refractivity contribution < 1.29 is 22.7 Å². The van der Waals surface area contributed by atoms with Gasteiger partial charge in [-0.05, 0) is 48.0 Å². The number of hydrogen-bond acceptors (Lipinski definition) is 5. The van der Waals surface area contributed by atoms with Crippen LogP contribution in [-0.2, 0) is 16.6 Å². The summed E-state index contributed by atoms with van der Waals surface area (Å²) in [5.41, 5.74) is 2.06. The van der Waals surface area contributed by atoms with Crippen LogP contribution in [0.4, 0.5) is 5.69 Å². The molecule has 0 fully saturated rings. The van der Waals surface area contributed by atoms with Crippen LogP contribution in [0.15, 0.2) is 77.7 Å². The summed E-state index contributed by atoms with van der Waals surface area (Å²) >= 11 is 0. The van der Waals surface area contributed by atoms with Gasteiger partial charge < -0.3 is 15.4 Å². The van der Waals surface area contributed by atoms with Crippen molar-refractivity contribution in [3.05, 3.63) is 89.5 Å². The highest BCUT2D eigenvalue weighted by Crippen LogP contribution is 2.28. The molecular weight excluding hydrogens is 466 g/mol. The van der Waals surface area contributed by atoms with E-state index in [-0.39, 0.29) is 28.7 Å². The van der Waals surface area contributed by atoms with E-state index in [1.165, 1.54) is 29.6 Å². The molecule has 2 N–H and O–H groups in total. The fourth-order valence-electron chi connectivity index (χ4n) is 3.55. The fraction of sp³-hybridized carbons (Fsp3) is 0.231. The molecule has 0 saturated carbocycles. The molecule has 8 nitrogen and oxygen atoms in total. The first-order valence-electron chi connectivity index (χ1n) is 11.2. The molecular formula is C26H29N3O5S. The number of ether oxygens (including phenoxy) is 1. The Hall–Kier alpha value is -3.69. The Bertz CT molecular complexity index is 1290. The van der Waals surface area contributed by atoms with Crippen molar-refractivity contribution >= 4 is 27.5 Å². The van der Waals surface area contributed by atoms with Gasteiger partial charge in [0.15, 0.2) is 0 Å². The van der Waals surface area contributed by atoms with Gasteiger partial charge in [-0.2, -0.15) is 4.31 Å². The molecule has 0 aliphatic rings. The van der Waals surface area contributed by atoms with Gasteiger partial charge >= 0.3 is 0 Å². The van der Waals surface area contributed by atoms with Crippen LogP contribution in [-0.4, -0.2) is 44.7 Å². The maximum atomic E-state index is 13.0. The van der Waals surface area contributed by atoms with Crippen LogP contribution in [0.25, 0.3) is 0 Å². The highest BCUT2D eigenvalue weighted by Gasteiger charge is 2.26. The predicted molar refractivity (Wildman–Crippen MR) is 135 cm³/mol. The third kappa shape index (κ3) is 6.26. The molecule has 0 spiro atoms. The molecule has 3 aromatic rings. The third-order valence-electron chi connectivity index (χ3n) is 5.42. The van der Waals surface area contributed by atoms with E-state index in [1.54, 1.807) is 50.2 Å². The van der Waals surface area contributed by atoms with Gasteiger partial charge in [0.05, 0.1) is 7.11 Å². The van der Waals surface area contributed by atoms with E-state index in [1.807, 2.05) is 18.2 Å². The average molecular weight is 496 g/mol. The zero-order valence-corrected chi connectivity index (χ0v) is 20.8. The lowest BCUT2D eigenvalue weighted by atomic mass is 10.1. The Morgan fingerprint density at radius 1 is 0.857 bits per heavy atom. The first-order chi connectivity index (χ1) is 16.8. The average Bonchev–Trinajstić information content (AvgIpc) is 2.88. The number of carbonyl (C=O) groups excluding carboxylic acids is 2. The lowest BCUT2D eigenvalue weighted by Gasteiger charge is -2.20. The lowest BCUT2D eigenvalue weighted by molar-refractivity contribution is 0.0950. The predicted octanol–water partition coefficient (Wildman–Crippen LogP) is 3.91. The first kappa shape index (κ1) is 25.9.